The van der Waals surface area contributed by atoms with Crippen LogP contribution in [-0.4, -0.2) is 25.5 Å². The molecular weight excluding hydrogens is 366 g/mol. The van der Waals surface area contributed by atoms with E-state index in [0.717, 1.165) is 29.8 Å². The van der Waals surface area contributed by atoms with Crippen molar-refractivity contribution in [2.24, 2.45) is 5.92 Å². The fraction of sp³-hybridized carbons (Fsp3) is 0.300. The largest absolute Gasteiger partial charge is 0.495 e. The average molecular weight is 388 g/mol. The van der Waals surface area contributed by atoms with Crippen molar-refractivity contribution in [2.75, 3.05) is 29.6 Å². The van der Waals surface area contributed by atoms with Crippen LogP contribution in [0, 0.1) is 12.8 Å². The van der Waals surface area contributed by atoms with E-state index in [9.17, 15) is 9.59 Å². The lowest BCUT2D eigenvalue weighted by Gasteiger charge is -2.13. The Hall–Kier alpha value is -2.73. The first-order chi connectivity index (χ1) is 13.0. The second kappa shape index (κ2) is 8.31. The molecule has 1 saturated carbocycles. The van der Waals surface area contributed by atoms with Crippen LogP contribution in [0.5, 0.6) is 5.75 Å². The van der Waals surface area contributed by atoms with E-state index in [1.54, 1.807) is 12.1 Å². The third-order valence-corrected chi connectivity index (χ3v) is 4.72. The van der Waals surface area contributed by atoms with Crippen molar-refractivity contribution in [3.8, 4) is 5.75 Å². The summed E-state index contributed by atoms with van der Waals surface area (Å²) in [6.45, 7) is 1.96. The van der Waals surface area contributed by atoms with Gasteiger partial charge >= 0.3 is 0 Å². The fourth-order valence-electron chi connectivity index (χ4n) is 2.57. The van der Waals surface area contributed by atoms with Crippen molar-refractivity contribution in [2.45, 2.75) is 19.8 Å². The number of carbonyl (C=O) groups is 2. The number of carbonyl (C=O) groups excluding carboxylic acids is 2. The summed E-state index contributed by atoms with van der Waals surface area (Å²) in [5.74, 6) is 0.540. The van der Waals surface area contributed by atoms with Gasteiger partial charge in [-0.2, -0.15) is 0 Å². The smallest absolute Gasteiger partial charge is 0.243 e. The highest BCUT2D eigenvalue weighted by Gasteiger charge is 2.29. The summed E-state index contributed by atoms with van der Waals surface area (Å²) in [5, 5.41) is 9.33. The number of rotatable bonds is 7. The zero-order chi connectivity index (χ0) is 19.4. The molecule has 6 nitrogen and oxygen atoms in total. The van der Waals surface area contributed by atoms with E-state index < -0.39 is 0 Å². The molecule has 1 aliphatic rings. The summed E-state index contributed by atoms with van der Waals surface area (Å²) in [7, 11) is 1.53. The van der Waals surface area contributed by atoms with Gasteiger partial charge in [-0.25, -0.2) is 0 Å². The molecule has 0 atom stereocenters. The van der Waals surface area contributed by atoms with Crippen LogP contribution in [0.4, 0.5) is 17.1 Å². The Morgan fingerprint density at radius 2 is 1.78 bits per heavy atom. The lowest BCUT2D eigenvalue weighted by molar-refractivity contribution is -0.117. The van der Waals surface area contributed by atoms with E-state index in [1.165, 1.54) is 7.11 Å². The topological polar surface area (TPSA) is 79.5 Å². The minimum absolute atomic E-state index is 0.0716. The van der Waals surface area contributed by atoms with Gasteiger partial charge in [0, 0.05) is 28.4 Å². The molecule has 1 fully saturated rings. The molecule has 2 aromatic carbocycles. The van der Waals surface area contributed by atoms with E-state index in [0.29, 0.717) is 16.5 Å². The average Bonchev–Trinajstić information content (AvgIpc) is 3.49. The molecule has 0 spiro atoms. The number of amides is 2. The maximum Gasteiger partial charge on any atom is 0.243 e. The number of methoxy groups -OCH3 is 1. The second-order valence-electron chi connectivity index (χ2n) is 6.54. The molecule has 3 N–H and O–H groups in total. The summed E-state index contributed by atoms with van der Waals surface area (Å²) < 4.78 is 5.26. The van der Waals surface area contributed by atoms with Gasteiger partial charge in [-0.3, -0.25) is 9.59 Å². The van der Waals surface area contributed by atoms with Gasteiger partial charge in [-0.15, -0.1) is 0 Å². The zero-order valence-corrected chi connectivity index (χ0v) is 16.0. The highest BCUT2D eigenvalue weighted by atomic mass is 35.5. The highest BCUT2D eigenvalue weighted by molar-refractivity contribution is 6.31. The van der Waals surface area contributed by atoms with Gasteiger partial charge in [0.15, 0.2) is 0 Å². The predicted molar refractivity (Wildman–Crippen MR) is 108 cm³/mol. The first kappa shape index (κ1) is 19.0. The second-order valence-corrected chi connectivity index (χ2v) is 6.95. The van der Waals surface area contributed by atoms with E-state index in [-0.39, 0.29) is 24.3 Å². The highest BCUT2D eigenvalue weighted by Crippen LogP contribution is 2.31. The lowest BCUT2D eigenvalue weighted by atomic mass is 10.2. The number of aryl methyl sites for hydroxylation is 1. The monoisotopic (exact) mass is 387 g/mol. The van der Waals surface area contributed by atoms with Gasteiger partial charge in [0.25, 0.3) is 0 Å². The summed E-state index contributed by atoms with van der Waals surface area (Å²) in [6, 6.07) is 10.7. The van der Waals surface area contributed by atoms with Crippen LogP contribution >= 0.6 is 11.6 Å². The van der Waals surface area contributed by atoms with Gasteiger partial charge in [0.05, 0.1) is 19.3 Å². The van der Waals surface area contributed by atoms with Gasteiger partial charge in [-0.1, -0.05) is 11.6 Å². The molecule has 7 heteroatoms. The first-order valence-corrected chi connectivity index (χ1v) is 9.13. The van der Waals surface area contributed by atoms with Crippen LogP contribution < -0.4 is 20.7 Å². The maximum atomic E-state index is 12.2. The van der Waals surface area contributed by atoms with Gasteiger partial charge < -0.3 is 20.7 Å². The molecule has 0 unspecified atom stereocenters. The van der Waals surface area contributed by atoms with Crippen molar-refractivity contribution in [1.29, 1.82) is 0 Å². The van der Waals surface area contributed by atoms with E-state index in [1.807, 2.05) is 31.2 Å². The van der Waals surface area contributed by atoms with Crippen molar-refractivity contribution in [3.05, 3.63) is 47.0 Å². The fourth-order valence-corrected chi connectivity index (χ4v) is 2.72. The van der Waals surface area contributed by atoms with Crippen molar-refractivity contribution in [3.63, 3.8) is 0 Å². The zero-order valence-electron chi connectivity index (χ0n) is 15.3. The maximum absolute atomic E-state index is 12.2. The molecule has 142 valence electrons. The van der Waals surface area contributed by atoms with Crippen LogP contribution in [-0.2, 0) is 9.59 Å². The molecule has 27 heavy (non-hydrogen) atoms. The number of halogens is 1. The van der Waals surface area contributed by atoms with Crippen molar-refractivity contribution < 1.29 is 14.3 Å². The Balaban J connectivity index is 1.53. The normalized spacial score (nSPS) is 13.0. The minimum Gasteiger partial charge on any atom is -0.495 e. The SMILES string of the molecule is COc1cc(Cl)c(C)cc1NC(=O)CNc1ccc(NC(=O)C2CC2)cc1. The number of ether oxygens (including phenoxy) is 1. The van der Waals surface area contributed by atoms with E-state index >= 15 is 0 Å². The first-order valence-electron chi connectivity index (χ1n) is 8.75. The Kier molecular flexibility index (Phi) is 5.86. The van der Waals surface area contributed by atoms with Crippen LogP contribution in [0.3, 0.4) is 0 Å². The Morgan fingerprint density at radius 1 is 1.11 bits per heavy atom. The number of hydrogen-bond donors (Lipinski definition) is 3. The van der Waals surface area contributed by atoms with Crippen molar-refractivity contribution >= 4 is 40.5 Å². The van der Waals surface area contributed by atoms with Crippen molar-refractivity contribution in [1.82, 2.24) is 0 Å². The lowest BCUT2D eigenvalue weighted by Crippen LogP contribution is -2.22. The molecule has 0 bridgehead atoms. The van der Waals surface area contributed by atoms with Gasteiger partial charge in [0.2, 0.25) is 11.8 Å². The molecule has 0 heterocycles. The summed E-state index contributed by atoms with van der Waals surface area (Å²) >= 11 is 6.08. The molecule has 1 aliphatic carbocycles. The minimum atomic E-state index is -0.207. The number of hydrogen-bond acceptors (Lipinski definition) is 4. The van der Waals surface area contributed by atoms with Crippen LogP contribution in [0.15, 0.2) is 36.4 Å². The summed E-state index contributed by atoms with van der Waals surface area (Å²) in [6.07, 6.45) is 1.94. The molecule has 0 saturated heterocycles. The Bertz CT molecular complexity index is 848. The third-order valence-electron chi connectivity index (χ3n) is 4.31. The van der Waals surface area contributed by atoms with E-state index in [4.69, 9.17) is 16.3 Å². The van der Waals surface area contributed by atoms with Gasteiger partial charge in [-0.05, 0) is 55.7 Å². The molecule has 3 rings (SSSR count). The van der Waals surface area contributed by atoms with Crippen LogP contribution in [0.2, 0.25) is 5.02 Å². The number of anilines is 3. The number of nitrogens with one attached hydrogen (secondary N) is 3. The van der Waals surface area contributed by atoms with Crippen LogP contribution in [0.1, 0.15) is 18.4 Å². The molecule has 0 aliphatic heterocycles. The molecule has 2 amide bonds. The van der Waals surface area contributed by atoms with Gasteiger partial charge in [0.1, 0.15) is 5.75 Å². The number of benzene rings is 2. The predicted octanol–water partition coefficient (Wildman–Crippen LogP) is 4.06. The quantitative estimate of drug-likeness (QED) is 0.669. The van der Waals surface area contributed by atoms with Crippen LogP contribution in [0.25, 0.3) is 0 Å². The Morgan fingerprint density at radius 3 is 2.41 bits per heavy atom. The molecule has 2 aromatic rings. The standard InChI is InChI=1S/C20H22ClN3O3/c1-12-9-17(18(27-2)10-16(12)21)24-19(25)11-22-14-5-7-15(8-6-14)23-20(26)13-3-4-13/h5-10,13,22H,3-4,11H2,1-2H3,(H,23,26)(H,24,25). The van der Waals surface area contributed by atoms with E-state index in [2.05, 4.69) is 16.0 Å². The summed E-state index contributed by atoms with van der Waals surface area (Å²) in [5.41, 5.74) is 2.96. The molecule has 0 aromatic heterocycles. The molecular formula is C20H22ClN3O3. The Labute approximate surface area is 163 Å². The summed E-state index contributed by atoms with van der Waals surface area (Å²) in [4.78, 5) is 24.0. The third kappa shape index (κ3) is 5.14. The molecule has 0 radical (unpaired) electrons.